The lowest BCUT2D eigenvalue weighted by Crippen LogP contribution is -2.25. The van der Waals surface area contributed by atoms with E-state index in [9.17, 15) is 5.11 Å². The molecule has 0 radical (unpaired) electrons. The Morgan fingerprint density at radius 1 is 1.27 bits per heavy atom. The molecule has 3 aliphatic rings. The van der Waals surface area contributed by atoms with Crippen LogP contribution in [0.2, 0.25) is 0 Å². The monoisotopic (exact) mass is 449 g/mol. The average Bonchev–Trinajstić information content (AvgIpc) is 3.28. The molecule has 9 nitrogen and oxygen atoms in total. The number of hydrogen-bond acceptors (Lipinski definition) is 7. The highest BCUT2D eigenvalue weighted by molar-refractivity contribution is 5.44. The molecule has 2 N–H and O–H groups in total. The number of aliphatic hydroxyl groups excluding tert-OH is 1. The first-order valence-electron chi connectivity index (χ1n) is 11.8. The Morgan fingerprint density at radius 3 is 2.94 bits per heavy atom. The summed E-state index contributed by atoms with van der Waals surface area (Å²) in [6, 6.07) is 4.31. The van der Waals surface area contributed by atoms with Crippen LogP contribution in [0.5, 0.6) is 0 Å². The quantitative estimate of drug-likeness (QED) is 0.508. The number of imidazole rings is 1. The van der Waals surface area contributed by atoms with Crippen LogP contribution in [0, 0.1) is 11.8 Å². The van der Waals surface area contributed by atoms with Crippen LogP contribution in [-0.4, -0.2) is 49.6 Å². The average molecular weight is 450 g/mol. The lowest BCUT2D eigenvalue weighted by Gasteiger charge is -2.21. The van der Waals surface area contributed by atoms with Crippen LogP contribution in [0.25, 0.3) is 0 Å². The number of ether oxygens (including phenoxy) is 1. The number of methoxy groups -OCH3 is 1. The van der Waals surface area contributed by atoms with Gasteiger partial charge in [-0.1, -0.05) is 6.07 Å². The summed E-state index contributed by atoms with van der Waals surface area (Å²) < 4.78 is 9.34. The molecule has 1 saturated heterocycles. The van der Waals surface area contributed by atoms with Gasteiger partial charge in [-0.15, -0.1) is 0 Å². The molecule has 0 amide bonds. The zero-order chi connectivity index (χ0) is 22.5. The van der Waals surface area contributed by atoms with E-state index < -0.39 is 6.23 Å². The first-order chi connectivity index (χ1) is 16.1. The molecule has 3 unspecified atom stereocenters. The normalized spacial score (nSPS) is 24.2. The van der Waals surface area contributed by atoms with Gasteiger partial charge >= 0.3 is 0 Å². The second-order valence-electron chi connectivity index (χ2n) is 9.69. The third-order valence-electron chi connectivity index (χ3n) is 7.39. The number of fused-ring (bicyclic) bond motifs is 2. The first kappa shape index (κ1) is 20.8. The van der Waals surface area contributed by atoms with E-state index in [1.54, 1.807) is 13.3 Å². The summed E-state index contributed by atoms with van der Waals surface area (Å²) >= 11 is 0. The molecule has 0 bridgehead atoms. The van der Waals surface area contributed by atoms with Crippen molar-refractivity contribution in [2.24, 2.45) is 18.9 Å². The Kier molecular flexibility index (Phi) is 5.20. The molecule has 0 aromatic carbocycles. The Bertz CT molecular complexity index is 1150. The van der Waals surface area contributed by atoms with Crippen molar-refractivity contribution in [3.8, 4) is 0 Å². The van der Waals surface area contributed by atoms with Gasteiger partial charge in [0.1, 0.15) is 12.0 Å². The largest absolute Gasteiger partial charge is 0.378 e. The van der Waals surface area contributed by atoms with E-state index in [1.807, 2.05) is 24.3 Å². The number of pyridine rings is 1. The Labute approximate surface area is 193 Å². The van der Waals surface area contributed by atoms with Crippen molar-refractivity contribution in [1.29, 1.82) is 0 Å². The maximum atomic E-state index is 10.8. The van der Waals surface area contributed by atoms with Crippen LogP contribution >= 0.6 is 0 Å². The van der Waals surface area contributed by atoms with Gasteiger partial charge in [-0.25, -0.2) is 9.97 Å². The zero-order valence-electron chi connectivity index (χ0n) is 19.2. The Morgan fingerprint density at radius 2 is 2.12 bits per heavy atom. The SMILES string of the molecule is COCc1nc(N2CC3CC3C2)ccc1Cn1cc(C(O)N[C@@H]2CCc3c2ncn3C)cn1. The van der Waals surface area contributed by atoms with Crippen LogP contribution in [0.4, 0.5) is 5.82 Å². The summed E-state index contributed by atoms with van der Waals surface area (Å²) in [6.45, 7) is 3.30. The Balaban J connectivity index is 1.14. The molecule has 2 aliphatic carbocycles. The maximum absolute atomic E-state index is 10.8. The number of aliphatic hydroxyl groups is 1. The number of rotatable bonds is 8. The molecule has 2 fully saturated rings. The standard InChI is InChI=1S/C24H31N7O2/c1-29-14-25-23-19(4-5-21(23)29)28-24(32)18-8-26-31(12-18)11-15-3-6-22(27-20(15)13-33-2)30-9-16-7-17(16)10-30/h3,6,8,12,14,16-17,19,24,28,32H,4-5,7,9-11,13H2,1-2H3/t16?,17?,19-,24?/m1/s1. The summed E-state index contributed by atoms with van der Waals surface area (Å²) in [7, 11) is 3.72. The van der Waals surface area contributed by atoms with E-state index in [0.717, 1.165) is 66.1 Å². The molecular formula is C24H31N7O2. The van der Waals surface area contributed by atoms with Gasteiger partial charge in [0.25, 0.3) is 0 Å². The summed E-state index contributed by atoms with van der Waals surface area (Å²) in [4.78, 5) is 11.8. The van der Waals surface area contributed by atoms with Crippen molar-refractivity contribution in [1.82, 2.24) is 29.6 Å². The van der Waals surface area contributed by atoms with Crippen molar-refractivity contribution in [2.45, 2.75) is 44.7 Å². The topological polar surface area (TPSA) is 93.3 Å². The first-order valence-corrected chi connectivity index (χ1v) is 11.8. The van der Waals surface area contributed by atoms with Crippen molar-refractivity contribution < 1.29 is 9.84 Å². The predicted octanol–water partition coefficient (Wildman–Crippen LogP) is 1.93. The number of piperidine rings is 1. The minimum Gasteiger partial charge on any atom is -0.378 e. The fourth-order valence-corrected chi connectivity index (χ4v) is 5.40. The molecule has 174 valence electrons. The van der Waals surface area contributed by atoms with Gasteiger partial charge in [-0.3, -0.25) is 10.00 Å². The van der Waals surface area contributed by atoms with E-state index in [4.69, 9.17) is 9.72 Å². The van der Waals surface area contributed by atoms with Crippen molar-refractivity contribution in [3.05, 3.63) is 59.1 Å². The smallest absolute Gasteiger partial charge is 0.134 e. The molecule has 3 aromatic rings. The number of anilines is 1. The van der Waals surface area contributed by atoms with E-state index in [0.29, 0.717) is 13.2 Å². The number of aromatic nitrogens is 5. The lowest BCUT2D eigenvalue weighted by molar-refractivity contribution is 0.122. The van der Waals surface area contributed by atoms with E-state index in [2.05, 4.69) is 37.0 Å². The second-order valence-corrected chi connectivity index (χ2v) is 9.69. The summed E-state index contributed by atoms with van der Waals surface area (Å²) in [5.74, 6) is 2.78. The predicted molar refractivity (Wildman–Crippen MR) is 122 cm³/mol. The summed E-state index contributed by atoms with van der Waals surface area (Å²) in [6.07, 6.45) is 7.95. The van der Waals surface area contributed by atoms with Crippen LogP contribution in [-0.2, 0) is 31.4 Å². The molecule has 4 heterocycles. The molecule has 6 rings (SSSR count). The van der Waals surface area contributed by atoms with Gasteiger partial charge < -0.3 is 19.3 Å². The molecule has 3 aromatic heterocycles. The highest BCUT2D eigenvalue weighted by Crippen LogP contribution is 2.46. The fraction of sp³-hybridized carbons (Fsp3) is 0.542. The molecule has 0 spiro atoms. The highest BCUT2D eigenvalue weighted by Gasteiger charge is 2.45. The molecule has 33 heavy (non-hydrogen) atoms. The minimum absolute atomic E-state index is 0.0567. The van der Waals surface area contributed by atoms with E-state index in [1.165, 1.54) is 12.1 Å². The molecular weight excluding hydrogens is 418 g/mol. The third kappa shape index (κ3) is 3.94. The van der Waals surface area contributed by atoms with E-state index in [-0.39, 0.29) is 6.04 Å². The molecule has 9 heteroatoms. The summed E-state index contributed by atoms with van der Waals surface area (Å²) in [5.41, 5.74) is 5.04. The van der Waals surface area contributed by atoms with Gasteiger partial charge in [0.15, 0.2) is 0 Å². The van der Waals surface area contributed by atoms with Gasteiger partial charge in [0.2, 0.25) is 0 Å². The molecule has 1 aliphatic heterocycles. The highest BCUT2D eigenvalue weighted by atomic mass is 16.5. The number of nitrogens with one attached hydrogen (secondary N) is 1. The lowest BCUT2D eigenvalue weighted by atomic mass is 10.2. The van der Waals surface area contributed by atoms with Gasteiger partial charge in [0, 0.05) is 44.7 Å². The fourth-order valence-electron chi connectivity index (χ4n) is 5.40. The van der Waals surface area contributed by atoms with Gasteiger partial charge in [0.05, 0.1) is 43.1 Å². The maximum Gasteiger partial charge on any atom is 0.134 e. The number of hydrogen-bond donors (Lipinski definition) is 2. The molecule has 4 atom stereocenters. The van der Waals surface area contributed by atoms with E-state index >= 15 is 0 Å². The van der Waals surface area contributed by atoms with Crippen molar-refractivity contribution >= 4 is 5.82 Å². The second kappa shape index (κ2) is 8.23. The third-order valence-corrected chi connectivity index (χ3v) is 7.39. The number of nitrogens with zero attached hydrogens (tertiary/aromatic N) is 6. The van der Waals surface area contributed by atoms with Crippen molar-refractivity contribution in [2.75, 3.05) is 25.1 Å². The van der Waals surface area contributed by atoms with Crippen molar-refractivity contribution in [3.63, 3.8) is 0 Å². The van der Waals surface area contributed by atoms with Crippen LogP contribution in [0.15, 0.2) is 30.9 Å². The summed E-state index contributed by atoms with van der Waals surface area (Å²) in [5, 5.41) is 18.6. The van der Waals surface area contributed by atoms with Gasteiger partial charge in [-0.2, -0.15) is 5.10 Å². The Hall–Kier alpha value is -2.75. The zero-order valence-corrected chi connectivity index (χ0v) is 19.2. The molecule has 1 saturated carbocycles. The van der Waals surface area contributed by atoms with Crippen LogP contribution < -0.4 is 10.2 Å². The van der Waals surface area contributed by atoms with Crippen LogP contribution in [0.3, 0.4) is 0 Å². The number of aryl methyl sites for hydroxylation is 1. The van der Waals surface area contributed by atoms with Crippen LogP contribution in [0.1, 0.15) is 53.3 Å². The van der Waals surface area contributed by atoms with Gasteiger partial charge in [-0.05, 0) is 42.7 Å². The minimum atomic E-state index is -0.794.